The monoisotopic (exact) mass is 320 g/mol. The second-order valence-electron chi connectivity index (χ2n) is 6.36. The maximum Gasteiger partial charge on any atom is 0.227 e. The third kappa shape index (κ3) is 5.05. The molecule has 0 bridgehead atoms. The quantitative estimate of drug-likeness (QED) is 0.872. The minimum atomic E-state index is -0.323. The average molecular weight is 320 g/mol. The molecular formula is C18H25FN2O2. The predicted octanol–water partition coefficient (Wildman–Crippen LogP) is 3.49. The van der Waals surface area contributed by atoms with E-state index in [0.29, 0.717) is 18.5 Å². The normalized spacial score (nSPS) is 22.2. The van der Waals surface area contributed by atoms with Gasteiger partial charge >= 0.3 is 0 Å². The Labute approximate surface area is 136 Å². The summed E-state index contributed by atoms with van der Waals surface area (Å²) in [6.45, 7) is 4.04. The lowest BCUT2D eigenvalue weighted by Gasteiger charge is -2.28. The van der Waals surface area contributed by atoms with E-state index >= 15 is 0 Å². The van der Waals surface area contributed by atoms with Gasteiger partial charge in [0.1, 0.15) is 5.82 Å². The molecule has 1 atom stereocenters. The van der Waals surface area contributed by atoms with Crippen molar-refractivity contribution in [3.63, 3.8) is 0 Å². The van der Waals surface area contributed by atoms with Crippen molar-refractivity contribution in [2.45, 2.75) is 52.0 Å². The lowest BCUT2D eigenvalue weighted by molar-refractivity contribution is -0.129. The minimum absolute atomic E-state index is 0.0128. The fourth-order valence-corrected chi connectivity index (χ4v) is 2.86. The van der Waals surface area contributed by atoms with E-state index < -0.39 is 0 Å². The van der Waals surface area contributed by atoms with Gasteiger partial charge in [0.25, 0.3) is 0 Å². The number of nitrogens with one attached hydrogen (secondary N) is 2. The van der Waals surface area contributed by atoms with Gasteiger partial charge in [-0.3, -0.25) is 9.59 Å². The molecule has 2 amide bonds. The number of carbonyl (C=O) groups is 2. The van der Waals surface area contributed by atoms with E-state index in [2.05, 4.69) is 10.6 Å². The lowest BCUT2D eigenvalue weighted by atomic mass is 9.81. The highest BCUT2D eigenvalue weighted by Gasteiger charge is 2.30. The van der Waals surface area contributed by atoms with Crippen LogP contribution in [0.2, 0.25) is 0 Å². The Kier molecular flexibility index (Phi) is 6.13. The fourth-order valence-electron chi connectivity index (χ4n) is 2.86. The van der Waals surface area contributed by atoms with E-state index in [9.17, 15) is 14.0 Å². The predicted molar refractivity (Wildman–Crippen MR) is 88.4 cm³/mol. The Balaban J connectivity index is 1.80. The first-order valence-electron chi connectivity index (χ1n) is 8.36. The van der Waals surface area contributed by atoms with Crippen molar-refractivity contribution < 1.29 is 14.0 Å². The lowest BCUT2D eigenvalue weighted by Crippen LogP contribution is -2.39. The average Bonchev–Trinajstić information content (AvgIpc) is 2.56. The second kappa shape index (κ2) is 8.09. The molecule has 0 saturated heterocycles. The van der Waals surface area contributed by atoms with E-state index in [4.69, 9.17) is 0 Å². The van der Waals surface area contributed by atoms with Crippen LogP contribution in [0.25, 0.3) is 0 Å². The van der Waals surface area contributed by atoms with Gasteiger partial charge in [0.05, 0.1) is 0 Å². The van der Waals surface area contributed by atoms with Crippen LogP contribution in [0.5, 0.6) is 0 Å². The summed E-state index contributed by atoms with van der Waals surface area (Å²) < 4.78 is 12.9. The first-order chi connectivity index (χ1) is 11.0. The molecule has 5 heteroatoms. The van der Waals surface area contributed by atoms with Crippen molar-refractivity contribution in [3.8, 4) is 0 Å². The van der Waals surface area contributed by atoms with Crippen LogP contribution in [0.4, 0.5) is 10.1 Å². The Morgan fingerprint density at radius 3 is 2.13 bits per heavy atom. The summed E-state index contributed by atoms with van der Waals surface area (Å²) in [5.41, 5.74) is 0.605. The van der Waals surface area contributed by atoms with Crippen LogP contribution in [0, 0.1) is 17.7 Å². The van der Waals surface area contributed by atoms with Crippen LogP contribution in [0.1, 0.15) is 46.0 Å². The second-order valence-corrected chi connectivity index (χ2v) is 6.36. The number of amides is 2. The molecule has 2 N–H and O–H groups in total. The maximum absolute atomic E-state index is 12.9. The zero-order valence-electron chi connectivity index (χ0n) is 13.8. The molecular weight excluding hydrogens is 295 g/mol. The van der Waals surface area contributed by atoms with Gasteiger partial charge < -0.3 is 10.6 Å². The van der Waals surface area contributed by atoms with Gasteiger partial charge in [-0.05, 0) is 63.3 Å². The Morgan fingerprint density at radius 2 is 1.61 bits per heavy atom. The van der Waals surface area contributed by atoms with Crippen LogP contribution >= 0.6 is 0 Å². The molecule has 126 valence electrons. The van der Waals surface area contributed by atoms with Crippen molar-refractivity contribution in [1.82, 2.24) is 5.32 Å². The van der Waals surface area contributed by atoms with E-state index in [1.54, 1.807) is 12.1 Å². The molecule has 0 radical (unpaired) electrons. The largest absolute Gasteiger partial charge is 0.353 e. The highest BCUT2D eigenvalue weighted by atomic mass is 19.1. The zero-order valence-corrected chi connectivity index (χ0v) is 13.8. The first-order valence-corrected chi connectivity index (χ1v) is 8.36. The summed E-state index contributed by atoms with van der Waals surface area (Å²) in [4.78, 5) is 24.4. The third-order valence-corrected chi connectivity index (χ3v) is 4.58. The van der Waals surface area contributed by atoms with E-state index in [1.807, 2.05) is 13.8 Å². The summed E-state index contributed by atoms with van der Waals surface area (Å²) in [6, 6.07) is 5.95. The summed E-state index contributed by atoms with van der Waals surface area (Å²) in [6.07, 6.45) is 3.83. The van der Waals surface area contributed by atoms with Crippen LogP contribution in [0.3, 0.4) is 0 Å². The van der Waals surface area contributed by atoms with Gasteiger partial charge in [0.2, 0.25) is 11.8 Å². The SMILES string of the molecule is CCC(C)NC(=O)C1CCC(C(=O)Nc2ccc(F)cc2)CC1. The molecule has 0 spiro atoms. The fraction of sp³-hybridized carbons (Fsp3) is 0.556. The van der Waals surface area contributed by atoms with Gasteiger partial charge in [0, 0.05) is 23.6 Å². The van der Waals surface area contributed by atoms with Crippen molar-refractivity contribution in [2.24, 2.45) is 11.8 Å². The Hall–Kier alpha value is -1.91. The maximum atomic E-state index is 12.9. The molecule has 1 fully saturated rings. The van der Waals surface area contributed by atoms with Crippen molar-refractivity contribution >= 4 is 17.5 Å². The van der Waals surface area contributed by atoms with Gasteiger partial charge in [-0.15, -0.1) is 0 Å². The number of halogens is 1. The molecule has 0 aliphatic heterocycles. The highest BCUT2D eigenvalue weighted by molar-refractivity contribution is 5.92. The molecule has 1 unspecified atom stereocenters. The number of carbonyl (C=O) groups excluding carboxylic acids is 2. The summed E-state index contributed by atoms with van der Waals surface area (Å²) >= 11 is 0. The molecule has 1 saturated carbocycles. The molecule has 1 aliphatic carbocycles. The molecule has 4 nitrogen and oxygen atoms in total. The van der Waals surface area contributed by atoms with Gasteiger partial charge in [-0.1, -0.05) is 6.92 Å². The molecule has 23 heavy (non-hydrogen) atoms. The van der Waals surface area contributed by atoms with Gasteiger partial charge in [-0.25, -0.2) is 4.39 Å². The summed E-state index contributed by atoms with van der Waals surface area (Å²) in [5, 5.41) is 5.83. The topological polar surface area (TPSA) is 58.2 Å². The van der Waals surface area contributed by atoms with E-state index in [1.165, 1.54) is 12.1 Å². The van der Waals surface area contributed by atoms with Crippen molar-refractivity contribution in [3.05, 3.63) is 30.1 Å². The van der Waals surface area contributed by atoms with Crippen molar-refractivity contribution in [1.29, 1.82) is 0 Å². The highest BCUT2D eigenvalue weighted by Crippen LogP contribution is 2.30. The van der Waals surface area contributed by atoms with Crippen LogP contribution < -0.4 is 10.6 Å². The number of rotatable bonds is 5. The zero-order chi connectivity index (χ0) is 16.8. The van der Waals surface area contributed by atoms with E-state index in [-0.39, 0.29) is 35.5 Å². The summed E-state index contributed by atoms with van der Waals surface area (Å²) in [5.74, 6) is -0.323. The van der Waals surface area contributed by atoms with Crippen LogP contribution in [-0.4, -0.2) is 17.9 Å². The van der Waals surface area contributed by atoms with E-state index in [0.717, 1.165) is 19.3 Å². The molecule has 1 aromatic carbocycles. The Bertz CT molecular complexity index is 536. The smallest absolute Gasteiger partial charge is 0.227 e. The molecule has 0 aromatic heterocycles. The number of hydrogen-bond donors (Lipinski definition) is 2. The molecule has 1 aliphatic rings. The third-order valence-electron chi connectivity index (χ3n) is 4.58. The molecule has 0 heterocycles. The standard InChI is InChI=1S/C18H25FN2O2/c1-3-12(2)20-17(22)13-4-6-14(7-5-13)18(23)21-16-10-8-15(19)9-11-16/h8-14H,3-7H2,1-2H3,(H,20,22)(H,21,23). The summed E-state index contributed by atoms with van der Waals surface area (Å²) in [7, 11) is 0. The molecule has 2 rings (SSSR count). The number of benzene rings is 1. The Morgan fingerprint density at radius 1 is 1.09 bits per heavy atom. The first kappa shape index (κ1) is 17.4. The number of anilines is 1. The van der Waals surface area contributed by atoms with Crippen LogP contribution in [-0.2, 0) is 9.59 Å². The van der Waals surface area contributed by atoms with Gasteiger partial charge in [0.15, 0.2) is 0 Å². The van der Waals surface area contributed by atoms with Gasteiger partial charge in [-0.2, -0.15) is 0 Å². The number of hydrogen-bond acceptors (Lipinski definition) is 2. The molecule has 1 aromatic rings. The minimum Gasteiger partial charge on any atom is -0.353 e. The van der Waals surface area contributed by atoms with Crippen molar-refractivity contribution in [2.75, 3.05) is 5.32 Å². The van der Waals surface area contributed by atoms with Crippen LogP contribution in [0.15, 0.2) is 24.3 Å².